The van der Waals surface area contributed by atoms with Gasteiger partial charge in [0, 0.05) is 18.6 Å². The van der Waals surface area contributed by atoms with Crippen molar-refractivity contribution in [1.29, 1.82) is 0 Å². The minimum Gasteiger partial charge on any atom is -0.316 e. The molecule has 2 unspecified atom stereocenters. The third-order valence-electron chi connectivity index (χ3n) is 4.07. The first kappa shape index (κ1) is 14.4. The van der Waals surface area contributed by atoms with Crippen LogP contribution >= 0.6 is 0 Å². The van der Waals surface area contributed by atoms with Crippen LogP contribution in [-0.4, -0.2) is 30.6 Å². The summed E-state index contributed by atoms with van der Waals surface area (Å²) in [6.07, 6.45) is 3.58. The van der Waals surface area contributed by atoms with E-state index in [0.29, 0.717) is 18.6 Å². The number of rotatable bonds is 4. The van der Waals surface area contributed by atoms with Crippen molar-refractivity contribution in [1.82, 2.24) is 10.2 Å². The highest BCUT2D eigenvalue weighted by Crippen LogP contribution is 2.22. The molecule has 0 saturated carbocycles. The molecule has 1 aromatic carbocycles. The lowest BCUT2D eigenvalue weighted by Gasteiger charge is -2.39. The monoisotopic (exact) mass is 268 g/mol. The normalized spacial score (nSPS) is 22.4. The molecule has 1 aliphatic rings. The first-order valence-electron chi connectivity index (χ1n) is 6.97. The van der Waals surface area contributed by atoms with Crippen molar-refractivity contribution in [3.63, 3.8) is 0 Å². The van der Waals surface area contributed by atoms with Crippen LogP contribution < -0.4 is 5.32 Å². The minimum atomic E-state index is -0.775. The first-order chi connectivity index (χ1) is 9.11. The van der Waals surface area contributed by atoms with Crippen molar-refractivity contribution in [3.8, 4) is 0 Å². The molecule has 0 aliphatic carbocycles. The lowest BCUT2D eigenvalue weighted by atomic mass is 9.96. The first-order valence-corrected chi connectivity index (χ1v) is 6.97. The molecule has 1 fully saturated rings. The maximum atomic E-state index is 13.2. The summed E-state index contributed by atoms with van der Waals surface area (Å²) in [4.78, 5) is 2.37. The van der Waals surface area contributed by atoms with Crippen molar-refractivity contribution in [2.24, 2.45) is 0 Å². The van der Waals surface area contributed by atoms with Gasteiger partial charge in [-0.05, 0) is 51.1 Å². The van der Waals surface area contributed by atoms with E-state index in [1.807, 2.05) is 7.05 Å². The number of nitrogens with one attached hydrogen (secondary N) is 1. The molecule has 1 N–H and O–H groups in total. The third kappa shape index (κ3) is 3.51. The van der Waals surface area contributed by atoms with Crippen molar-refractivity contribution < 1.29 is 8.78 Å². The predicted octanol–water partition coefficient (Wildman–Crippen LogP) is 2.93. The molecule has 0 amide bonds. The van der Waals surface area contributed by atoms with Crippen LogP contribution in [0.3, 0.4) is 0 Å². The van der Waals surface area contributed by atoms with Crippen LogP contribution in [0.15, 0.2) is 18.2 Å². The van der Waals surface area contributed by atoms with Gasteiger partial charge in [0.25, 0.3) is 0 Å². The molecule has 2 rings (SSSR count). The fourth-order valence-electron chi connectivity index (χ4n) is 2.84. The minimum absolute atomic E-state index is 0.408. The van der Waals surface area contributed by atoms with Crippen LogP contribution in [0.2, 0.25) is 0 Å². The number of hydrogen-bond donors (Lipinski definition) is 1. The molecule has 2 nitrogen and oxygen atoms in total. The summed E-state index contributed by atoms with van der Waals surface area (Å²) in [7, 11) is 1.97. The highest BCUT2D eigenvalue weighted by molar-refractivity contribution is 5.18. The quantitative estimate of drug-likeness (QED) is 0.903. The molecule has 0 bridgehead atoms. The Morgan fingerprint density at radius 2 is 2.11 bits per heavy atom. The second-order valence-electron chi connectivity index (χ2n) is 5.36. The largest absolute Gasteiger partial charge is 0.316 e. The van der Waals surface area contributed by atoms with Crippen molar-refractivity contribution >= 4 is 0 Å². The van der Waals surface area contributed by atoms with Gasteiger partial charge in [0.15, 0.2) is 11.6 Å². The van der Waals surface area contributed by atoms with E-state index in [2.05, 4.69) is 17.1 Å². The summed E-state index contributed by atoms with van der Waals surface area (Å²) >= 11 is 0. The van der Waals surface area contributed by atoms with E-state index in [-0.39, 0.29) is 0 Å². The van der Waals surface area contributed by atoms with Crippen LogP contribution in [0.25, 0.3) is 0 Å². The van der Waals surface area contributed by atoms with Gasteiger partial charge in [0.05, 0.1) is 0 Å². The lowest BCUT2D eigenvalue weighted by molar-refractivity contribution is 0.114. The third-order valence-corrected chi connectivity index (χ3v) is 4.07. The number of hydrogen-bond acceptors (Lipinski definition) is 2. The van der Waals surface area contributed by atoms with Gasteiger partial charge in [0.1, 0.15) is 0 Å². The summed E-state index contributed by atoms with van der Waals surface area (Å²) in [6, 6.07) is 5.07. The van der Waals surface area contributed by atoms with Gasteiger partial charge in [-0.2, -0.15) is 0 Å². The predicted molar refractivity (Wildman–Crippen MR) is 72.9 cm³/mol. The molecule has 1 saturated heterocycles. The summed E-state index contributed by atoms with van der Waals surface area (Å²) in [5.74, 6) is -1.53. The maximum Gasteiger partial charge on any atom is 0.159 e. The summed E-state index contributed by atoms with van der Waals surface area (Å²) in [5, 5.41) is 3.30. The van der Waals surface area contributed by atoms with Crippen LogP contribution in [0.5, 0.6) is 0 Å². The number of nitrogens with zero attached hydrogens (tertiary/aromatic N) is 1. The van der Waals surface area contributed by atoms with Crippen LogP contribution in [-0.2, 0) is 6.54 Å². The van der Waals surface area contributed by atoms with E-state index in [1.165, 1.54) is 25.0 Å². The molecule has 1 aromatic rings. The molecule has 0 radical (unpaired) electrons. The fraction of sp³-hybridized carbons (Fsp3) is 0.600. The number of benzene rings is 1. The molecular formula is C15H22F2N2. The molecular weight excluding hydrogens is 246 g/mol. The van der Waals surface area contributed by atoms with Gasteiger partial charge in [-0.3, -0.25) is 4.90 Å². The Balaban J connectivity index is 2.08. The molecule has 1 heterocycles. The van der Waals surface area contributed by atoms with E-state index >= 15 is 0 Å². The average molecular weight is 268 g/mol. The van der Waals surface area contributed by atoms with E-state index in [0.717, 1.165) is 18.5 Å². The van der Waals surface area contributed by atoms with E-state index in [1.54, 1.807) is 6.07 Å². The Labute approximate surface area is 113 Å². The zero-order valence-corrected chi connectivity index (χ0v) is 11.6. The van der Waals surface area contributed by atoms with Gasteiger partial charge in [-0.1, -0.05) is 12.5 Å². The van der Waals surface area contributed by atoms with Gasteiger partial charge < -0.3 is 5.32 Å². The lowest BCUT2D eigenvalue weighted by Crippen LogP contribution is -2.49. The summed E-state index contributed by atoms with van der Waals surface area (Å²) in [5.41, 5.74) is 0.842. The number of likely N-dealkylation sites (N-methyl/N-ethyl adjacent to an activating group) is 1. The number of halogens is 2. The summed E-state index contributed by atoms with van der Waals surface area (Å²) in [6.45, 7) is 3.89. The van der Waals surface area contributed by atoms with Crippen molar-refractivity contribution in [2.45, 2.75) is 44.8 Å². The van der Waals surface area contributed by atoms with Gasteiger partial charge in [-0.15, -0.1) is 0 Å². The van der Waals surface area contributed by atoms with Gasteiger partial charge in [-0.25, -0.2) is 8.78 Å². The topological polar surface area (TPSA) is 15.3 Å². The maximum absolute atomic E-state index is 13.2. The average Bonchev–Trinajstić information content (AvgIpc) is 2.43. The second-order valence-corrected chi connectivity index (χ2v) is 5.36. The number of piperidine rings is 1. The van der Waals surface area contributed by atoms with Crippen molar-refractivity contribution in [2.75, 3.05) is 13.6 Å². The van der Waals surface area contributed by atoms with Gasteiger partial charge >= 0.3 is 0 Å². The zero-order valence-electron chi connectivity index (χ0n) is 11.6. The molecule has 4 heteroatoms. The smallest absolute Gasteiger partial charge is 0.159 e. The molecule has 1 aliphatic heterocycles. The Hall–Kier alpha value is -1.00. The van der Waals surface area contributed by atoms with Crippen molar-refractivity contribution in [3.05, 3.63) is 35.4 Å². The second kappa shape index (κ2) is 6.44. The Bertz CT molecular complexity index is 423. The Morgan fingerprint density at radius 1 is 1.32 bits per heavy atom. The molecule has 0 spiro atoms. The van der Waals surface area contributed by atoms with E-state index in [9.17, 15) is 8.78 Å². The van der Waals surface area contributed by atoms with Crippen LogP contribution in [0, 0.1) is 11.6 Å². The standard InChI is InChI=1S/C15H22F2N2/c1-11(18-2)15-5-3-4-8-19(15)10-12-6-7-13(16)14(17)9-12/h6-7,9,11,15,18H,3-5,8,10H2,1-2H3. The Morgan fingerprint density at radius 3 is 2.79 bits per heavy atom. The highest BCUT2D eigenvalue weighted by Gasteiger charge is 2.26. The molecule has 106 valence electrons. The van der Waals surface area contributed by atoms with Gasteiger partial charge in [0.2, 0.25) is 0 Å². The summed E-state index contributed by atoms with van der Waals surface area (Å²) < 4.78 is 26.2. The number of likely N-dealkylation sites (tertiary alicyclic amines) is 1. The molecule has 19 heavy (non-hydrogen) atoms. The van der Waals surface area contributed by atoms with Crippen LogP contribution in [0.1, 0.15) is 31.7 Å². The fourth-order valence-corrected chi connectivity index (χ4v) is 2.84. The molecule has 2 atom stereocenters. The van der Waals surface area contributed by atoms with E-state index < -0.39 is 11.6 Å². The molecule has 0 aromatic heterocycles. The highest BCUT2D eigenvalue weighted by atomic mass is 19.2. The Kier molecular flexibility index (Phi) is 4.88. The zero-order chi connectivity index (χ0) is 13.8. The SMILES string of the molecule is CNC(C)C1CCCCN1Cc1ccc(F)c(F)c1. The van der Waals surface area contributed by atoms with E-state index in [4.69, 9.17) is 0 Å². The van der Waals surface area contributed by atoms with Crippen LogP contribution in [0.4, 0.5) is 8.78 Å².